The molecule has 1 unspecified atom stereocenters. The fourth-order valence-electron chi connectivity index (χ4n) is 2.06. The van der Waals surface area contributed by atoms with E-state index in [1.165, 1.54) is 6.07 Å². The molecule has 0 aliphatic heterocycles. The van der Waals surface area contributed by atoms with Gasteiger partial charge in [-0.05, 0) is 48.1 Å². The maximum absolute atomic E-state index is 13.2. The van der Waals surface area contributed by atoms with Crippen LogP contribution in [0.4, 0.5) is 4.39 Å². The number of benzene rings is 1. The Labute approximate surface area is 126 Å². The zero-order valence-corrected chi connectivity index (χ0v) is 12.7. The van der Waals surface area contributed by atoms with E-state index in [4.69, 9.17) is 11.6 Å². The molecule has 0 amide bonds. The average molecular weight is 343 g/mol. The van der Waals surface area contributed by atoms with Gasteiger partial charge in [0.1, 0.15) is 5.82 Å². The molecular weight excluding hydrogens is 329 g/mol. The SMILES string of the molecule is Fc1cccc(CC(CBr)Cc2ccncc2Cl)c1. The predicted octanol–water partition coefficient (Wildman–Crippen LogP) is 4.67. The lowest BCUT2D eigenvalue weighted by Crippen LogP contribution is -2.10. The molecule has 0 bridgehead atoms. The molecule has 1 aromatic carbocycles. The minimum atomic E-state index is -0.187. The molecule has 2 aromatic rings. The highest BCUT2D eigenvalue weighted by molar-refractivity contribution is 9.09. The van der Waals surface area contributed by atoms with Gasteiger partial charge in [-0.15, -0.1) is 0 Å². The smallest absolute Gasteiger partial charge is 0.123 e. The Hall–Kier alpha value is -0.930. The van der Waals surface area contributed by atoms with Crippen molar-refractivity contribution in [1.82, 2.24) is 4.98 Å². The molecule has 100 valence electrons. The minimum Gasteiger partial charge on any atom is -0.263 e. The second kappa shape index (κ2) is 7.01. The molecule has 0 aliphatic rings. The zero-order valence-electron chi connectivity index (χ0n) is 10.3. The molecule has 0 radical (unpaired) electrons. The predicted molar refractivity (Wildman–Crippen MR) is 80.3 cm³/mol. The van der Waals surface area contributed by atoms with E-state index in [9.17, 15) is 4.39 Å². The average Bonchev–Trinajstić information content (AvgIpc) is 2.40. The first-order chi connectivity index (χ1) is 9.19. The number of halogens is 3. The molecule has 0 N–H and O–H groups in total. The molecule has 1 atom stereocenters. The van der Waals surface area contributed by atoms with Crippen LogP contribution >= 0.6 is 27.5 Å². The molecule has 0 fully saturated rings. The van der Waals surface area contributed by atoms with Gasteiger partial charge in [0.25, 0.3) is 0 Å². The van der Waals surface area contributed by atoms with Crippen molar-refractivity contribution in [1.29, 1.82) is 0 Å². The third kappa shape index (κ3) is 4.29. The van der Waals surface area contributed by atoms with Crippen molar-refractivity contribution in [3.8, 4) is 0 Å². The van der Waals surface area contributed by atoms with Gasteiger partial charge in [-0.25, -0.2) is 4.39 Å². The second-order valence-corrected chi connectivity index (χ2v) is 5.58. The van der Waals surface area contributed by atoms with E-state index in [1.54, 1.807) is 24.5 Å². The van der Waals surface area contributed by atoms with E-state index < -0.39 is 0 Å². The normalized spacial score (nSPS) is 12.4. The first-order valence-electron chi connectivity index (χ1n) is 6.08. The Kier molecular flexibility index (Phi) is 5.34. The Morgan fingerprint density at radius 3 is 2.79 bits per heavy atom. The molecule has 4 heteroatoms. The van der Waals surface area contributed by atoms with Crippen LogP contribution in [0, 0.1) is 11.7 Å². The van der Waals surface area contributed by atoms with Crippen molar-refractivity contribution in [3.05, 3.63) is 64.7 Å². The fourth-order valence-corrected chi connectivity index (χ4v) is 2.71. The third-order valence-corrected chi connectivity index (χ3v) is 4.25. The Bertz CT molecular complexity index is 547. The van der Waals surface area contributed by atoms with Crippen molar-refractivity contribution in [2.24, 2.45) is 5.92 Å². The lowest BCUT2D eigenvalue weighted by molar-refractivity contribution is 0.582. The molecule has 1 aromatic heterocycles. The van der Waals surface area contributed by atoms with Crippen LogP contribution in [-0.2, 0) is 12.8 Å². The van der Waals surface area contributed by atoms with Gasteiger partial charge in [-0.3, -0.25) is 4.98 Å². The van der Waals surface area contributed by atoms with Crippen LogP contribution in [0.3, 0.4) is 0 Å². The molecular formula is C15H14BrClFN. The van der Waals surface area contributed by atoms with Crippen LogP contribution in [-0.4, -0.2) is 10.3 Å². The number of pyridine rings is 1. The third-order valence-electron chi connectivity index (χ3n) is 3.00. The highest BCUT2D eigenvalue weighted by Gasteiger charge is 2.12. The summed E-state index contributed by atoms with van der Waals surface area (Å²) in [6.45, 7) is 0. The number of aromatic nitrogens is 1. The number of rotatable bonds is 5. The summed E-state index contributed by atoms with van der Waals surface area (Å²) in [6.07, 6.45) is 5.07. The van der Waals surface area contributed by atoms with Crippen LogP contribution in [0.15, 0.2) is 42.7 Å². The van der Waals surface area contributed by atoms with E-state index in [2.05, 4.69) is 20.9 Å². The van der Waals surface area contributed by atoms with Crippen molar-refractivity contribution < 1.29 is 4.39 Å². The summed E-state index contributed by atoms with van der Waals surface area (Å²) in [6, 6.07) is 8.68. The topological polar surface area (TPSA) is 12.9 Å². The van der Waals surface area contributed by atoms with Crippen LogP contribution in [0.1, 0.15) is 11.1 Å². The summed E-state index contributed by atoms with van der Waals surface area (Å²) >= 11 is 9.64. The van der Waals surface area contributed by atoms with E-state index >= 15 is 0 Å². The standard InChI is InChI=1S/C15H14BrClFN/c16-9-12(6-11-2-1-3-14(18)8-11)7-13-4-5-19-10-15(13)17/h1-5,8,10,12H,6-7,9H2. The molecule has 0 saturated carbocycles. The molecule has 2 rings (SSSR count). The molecule has 1 nitrogen and oxygen atoms in total. The largest absolute Gasteiger partial charge is 0.263 e. The van der Waals surface area contributed by atoms with Gasteiger partial charge in [0.05, 0.1) is 5.02 Å². The van der Waals surface area contributed by atoms with Gasteiger partial charge in [0.2, 0.25) is 0 Å². The second-order valence-electron chi connectivity index (χ2n) is 4.53. The summed E-state index contributed by atoms with van der Waals surface area (Å²) in [5, 5.41) is 1.54. The summed E-state index contributed by atoms with van der Waals surface area (Å²) in [5.41, 5.74) is 2.09. The van der Waals surface area contributed by atoms with Crippen LogP contribution in [0.2, 0.25) is 5.02 Å². The van der Waals surface area contributed by atoms with Crippen LogP contribution in [0.5, 0.6) is 0 Å². The molecule has 19 heavy (non-hydrogen) atoms. The maximum Gasteiger partial charge on any atom is 0.123 e. The Morgan fingerprint density at radius 1 is 1.26 bits per heavy atom. The zero-order chi connectivity index (χ0) is 13.7. The van der Waals surface area contributed by atoms with Crippen molar-refractivity contribution in [3.63, 3.8) is 0 Å². The van der Waals surface area contributed by atoms with E-state index in [1.807, 2.05) is 12.1 Å². The van der Waals surface area contributed by atoms with E-state index in [-0.39, 0.29) is 5.82 Å². The molecule has 1 heterocycles. The molecule has 0 aliphatic carbocycles. The maximum atomic E-state index is 13.2. The molecule has 0 saturated heterocycles. The van der Waals surface area contributed by atoms with Gasteiger partial charge in [-0.2, -0.15) is 0 Å². The monoisotopic (exact) mass is 341 g/mol. The van der Waals surface area contributed by atoms with Gasteiger partial charge < -0.3 is 0 Å². The van der Waals surface area contributed by atoms with Crippen molar-refractivity contribution in [2.45, 2.75) is 12.8 Å². The lowest BCUT2D eigenvalue weighted by atomic mass is 9.94. The summed E-state index contributed by atoms with van der Waals surface area (Å²) < 4.78 is 13.2. The highest BCUT2D eigenvalue weighted by Crippen LogP contribution is 2.22. The number of hydrogen-bond donors (Lipinski definition) is 0. The van der Waals surface area contributed by atoms with Gasteiger partial charge in [0.15, 0.2) is 0 Å². The van der Waals surface area contributed by atoms with Gasteiger partial charge in [-0.1, -0.05) is 39.7 Å². The summed E-state index contributed by atoms with van der Waals surface area (Å²) in [7, 11) is 0. The first-order valence-corrected chi connectivity index (χ1v) is 7.57. The van der Waals surface area contributed by atoms with Crippen LogP contribution in [0.25, 0.3) is 0 Å². The van der Waals surface area contributed by atoms with Gasteiger partial charge >= 0.3 is 0 Å². The number of alkyl halides is 1. The molecule has 0 spiro atoms. The van der Waals surface area contributed by atoms with Crippen molar-refractivity contribution >= 4 is 27.5 Å². The summed E-state index contributed by atoms with van der Waals surface area (Å²) in [5.74, 6) is 0.189. The Morgan fingerprint density at radius 2 is 2.11 bits per heavy atom. The van der Waals surface area contributed by atoms with Crippen LogP contribution < -0.4 is 0 Å². The quantitative estimate of drug-likeness (QED) is 0.720. The Balaban J connectivity index is 2.07. The van der Waals surface area contributed by atoms with E-state index in [0.717, 1.165) is 29.3 Å². The van der Waals surface area contributed by atoms with Gasteiger partial charge in [0, 0.05) is 17.7 Å². The first kappa shape index (κ1) is 14.5. The van der Waals surface area contributed by atoms with Crippen molar-refractivity contribution in [2.75, 3.05) is 5.33 Å². The number of nitrogens with zero attached hydrogens (tertiary/aromatic N) is 1. The summed E-state index contributed by atoms with van der Waals surface area (Å²) in [4.78, 5) is 3.98. The number of hydrogen-bond acceptors (Lipinski definition) is 1. The lowest BCUT2D eigenvalue weighted by Gasteiger charge is -2.15. The highest BCUT2D eigenvalue weighted by atomic mass is 79.9. The minimum absolute atomic E-state index is 0.187. The van der Waals surface area contributed by atoms with E-state index in [0.29, 0.717) is 10.9 Å². The fraction of sp³-hybridized carbons (Fsp3) is 0.267.